The summed E-state index contributed by atoms with van der Waals surface area (Å²) in [6.07, 6.45) is 4.59. The number of nitrogens with one attached hydrogen (secondary N) is 1. The number of methoxy groups -OCH3 is 1. The van der Waals surface area contributed by atoms with Gasteiger partial charge in [-0.1, -0.05) is 36.7 Å². The highest BCUT2D eigenvalue weighted by Gasteiger charge is 2.24. The molecule has 1 aliphatic rings. The molecule has 1 unspecified atom stereocenters. The number of nitrogens with zero attached hydrogens (tertiary/aromatic N) is 3. The molecule has 1 aromatic carbocycles. The van der Waals surface area contributed by atoms with Gasteiger partial charge in [-0.05, 0) is 38.8 Å². The molecule has 1 aromatic heterocycles. The Balaban J connectivity index is 1.76. The van der Waals surface area contributed by atoms with Crippen LogP contribution >= 0.6 is 11.8 Å². The third-order valence-corrected chi connectivity index (χ3v) is 5.81. The smallest absolute Gasteiger partial charge is 0.233 e. The first-order chi connectivity index (χ1) is 12.6. The second kappa shape index (κ2) is 8.58. The number of carbonyl (C=O) groups is 1. The minimum Gasteiger partial charge on any atom is -0.496 e. The van der Waals surface area contributed by atoms with Gasteiger partial charge in [-0.3, -0.25) is 4.79 Å². The number of aromatic nitrogens is 3. The summed E-state index contributed by atoms with van der Waals surface area (Å²) in [4.78, 5) is 12.5. The van der Waals surface area contributed by atoms with Gasteiger partial charge in [-0.15, -0.1) is 10.2 Å². The Bertz CT molecular complexity index is 756. The molecule has 26 heavy (non-hydrogen) atoms. The fourth-order valence-electron chi connectivity index (χ4n) is 3.29. The molecule has 1 fully saturated rings. The van der Waals surface area contributed by atoms with Crippen LogP contribution in [0, 0.1) is 0 Å². The summed E-state index contributed by atoms with van der Waals surface area (Å²) in [6.45, 7) is 4.70. The number of ether oxygens (including phenoxy) is 1. The molecule has 3 rings (SSSR count). The average molecular weight is 375 g/mol. The first-order valence-corrected chi connectivity index (χ1v) is 10.1. The van der Waals surface area contributed by atoms with Crippen molar-refractivity contribution in [2.45, 2.75) is 62.5 Å². The van der Waals surface area contributed by atoms with Crippen LogP contribution in [0.25, 0.3) is 11.4 Å². The lowest BCUT2D eigenvalue weighted by atomic mass is 10.2. The fourth-order valence-corrected chi connectivity index (χ4v) is 4.21. The van der Waals surface area contributed by atoms with E-state index in [1.165, 1.54) is 24.6 Å². The second-order valence-corrected chi connectivity index (χ2v) is 7.81. The van der Waals surface area contributed by atoms with E-state index < -0.39 is 0 Å². The van der Waals surface area contributed by atoms with Crippen molar-refractivity contribution < 1.29 is 9.53 Å². The first-order valence-electron chi connectivity index (χ1n) is 9.17. The molecule has 0 spiro atoms. The van der Waals surface area contributed by atoms with Crippen molar-refractivity contribution in [3.8, 4) is 17.1 Å². The summed E-state index contributed by atoms with van der Waals surface area (Å²) in [6, 6.07) is 8.10. The zero-order valence-electron chi connectivity index (χ0n) is 15.6. The number of hydrogen-bond donors (Lipinski definition) is 1. The van der Waals surface area contributed by atoms with Gasteiger partial charge in [-0.2, -0.15) is 0 Å². The molecule has 1 heterocycles. The van der Waals surface area contributed by atoms with Crippen LogP contribution in [-0.2, 0) is 11.3 Å². The summed E-state index contributed by atoms with van der Waals surface area (Å²) in [5.41, 5.74) is 0.902. The number of rotatable bonds is 7. The lowest BCUT2D eigenvalue weighted by molar-refractivity contribution is -0.120. The highest BCUT2D eigenvalue weighted by Crippen LogP contribution is 2.32. The Hall–Kier alpha value is -2.02. The third kappa shape index (κ3) is 4.03. The van der Waals surface area contributed by atoms with Gasteiger partial charge < -0.3 is 14.6 Å². The molecule has 0 aliphatic heterocycles. The van der Waals surface area contributed by atoms with Crippen LogP contribution < -0.4 is 10.1 Å². The van der Waals surface area contributed by atoms with Crippen LogP contribution in [0.3, 0.4) is 0 Å². The molecule has 7 heteroatoms. The first kappa shape index (κ1) is 18.8. The molecule has 1 saturated carbocycles. The zero-order valence-corrected chi connectivity index (χ0v) is 16.4. The van der Waals surface area contributed by atoms with Gasteiger partial charge >= 0.3 is 0 Å². The molecule has 1 N–H and O–H groups in total. The van der Waals surface area contributed by atoms with Crippen molar-refractivity contribution in [1.29, 1.82) is 0 Å². The van der Waals surface area contributed by atoms with E-state index in [0.29, 0.717) is 6.04 Å². The van der Waals surface area contributed by atoms with Crippen LogP contribution in [0.1, 0.15) is 39.5 Å². The fraction of sp³-hybridized carbons (Fsp3) is 0.526. The predicted molar refractivity (Wildman–Crippen MR) is 103 cm³/mol. The number of amides is 1. The normalized spacial score (nSPS) is 15.8. The Morgan fingerprint density at radius 3 is 2.77 bits per heavy atom. The van der Waals surface area contributed by atoms with Gasteiger partial charge in [0.05, 0.1) is 17.9 Å². The van der Waals surface area contributed by atoms with E-state index in [9.17, 15) is 4.79 Å². The molecule has 1 amide bonds. The minimum absolute atomic E-state index is 0.0754. The third-order valence-electron chi connectivity index (χ3n) is 4.73. The Morgan fingerprint density at radius 2 is 2.08 bits per heavy atom. The summed E-state index contributed by atoms with van der Waals surface area (Å²) >= 11 is 1.45. The van der Waals surface area contributed by atoms with Crippen LogP contribution in [0.2, 0.25) is 0 Å². The molecule has 1 aliphatic carbocycles. The molecular weight excluding hydrogens is 348 g/mol. The molecule has 0 radical (unpaired) electrons. The Labute approximate surface area is 158 Å². The standard InChI is InChI=1S/C19H26N4O2S/c1-4-23-17(15-11-7-8-12-16(15)25-3)21-22-19(23)26-13(2)18(24)20-14-9-5-6-10-14/h7-8,11-14H,4-6,9-10H2,1-3H3,(H,20,24). The summed E-state index contributed by atoms with van der Waals surface area (Å²) < 4.78 is 7.48. The topological polar surface area (TPSA) is 69.0 Å². The highest BCUT2D eigenvalue weighted by atomic mass is 32.2. The number of carbonyl (C=O) groups excluding carboxylic acids is 1. The molecule has 2 aromatic rings. The van der Waals surface area contributed by atoms with Gasteiger partial charge in [0.1, 0.15) is 5.75 Å². The number of para-hydroxylation sites is 1. The van der Waals surface area contributed by atoms with Crippen molar-refractivity contribution in [2.75, 3.05) is 7.11 Å². The summed E-state index contributed by atoms with van der Waals surface area (Å²) in [5.74, 6) is 1.60. The van der Waals surface area contributed by atoms with E-state index in [4.69, 9.17) is 4.74 Å². The molecule has 0 saturated heterocycles. The van der Waals surface area contributed by atoms with Gasteiger partial charge in [0.15, 0.2) is 11.0 Å². The van der Waals surface area contributed by atoms with Gasteiger partial charge in [0.2, 0.25) is 5.91 Å². The second-order valence-electron chi connectivity index (χ2n) is 6.50. The van der Waals surface area contributed by atoms with Crippen LogP contribution in [0.4, 0.5) is 0 Å². The van der Waals surface area contributed by atoms with Crippen molar-refractivity contribution in [2.24, 2.45) is 0 Å². The average Bonchev–Trinajstić information content (AvgIpc) is 3.31. The van der Waals surface area contributed by atoms with E-state index >= 15 is 0 Å². The maximum Gasteiger partial charge on any atom is 0.233 e. The monoisotopic (exact) mass is 374 g/mol. The molecule has 6 nitrogen and oxygen atoms in total. The minimum atomic E-state index is -0.212. The van der Waals surface area contributed by atoms with Gasteiger partial charge in [0.25, 0.3) is 0 Å². The number of benzene rings is 1. The summed E-state index contributed by atoms with van der Waals surface area (Å²) in [7, 11) is 1.65. The maximum absolute atomic E-state index is 12.5. The molecule has 140 valence electrons. The van der Waals surface area contributed by atoms with Crippen LogP contribution in [0.15, 0.2) is 29.4 Å². The molecule has 1 atom stereocenters. The predicted octanol–water partition coefficient (Wildman–Crippen LogP) is 3.51. The Morgan fingerprint density at radius 1 is 1.35 bits per heavy atom. The van der Waals surface area contributed by atoms with Crippen LogP contribution in [0.5, 0.6) is 5.75 Å². The lowest BCUT2D eigenvalue weighted by Gasteiger charge is -2.16. The summed E-state index contributed by atoms with van der Waals surface area (Å²) in [5, 5.41) is 12.4. The van der Waals surface area contributed by atoms with E-state index in [1.807, 2.05) is 35.8 Å². The van der Waals surface area contributed by atoms with E-state index in [-0.39, 0.29) is 11.2 Å². The Kier molecular flexibility index (Phi) is 6.19. The number of thioether (sulfide) groups is 1. The SMILES string of the molecule is CCn1c(SC(C)C(=O)NC2CCCC2)nnc1-c1ccccc1OC. The van der Waals surface area contributed by atoms with E-state index in [1.54, 1.807) is 7.11 Å². The number of hydrogen-bond acceptors (Lipinski definition) is 5. The highest BCUT2D eigenvalue weighted by molar-refractivity contribution is 8.00. The van der Waals surface area contributed by atoms with Gasteiger partial charge in [-0.25, -0.2) is 0 Å². The largest absolute Gasteiger partial charge is 0.496 e. The lowest BCUT2D eigenvalue weighted by Crippen LogP contribution is -2.37. The van der Waals surface area contributed by atoms with Crippen molar-refractivity contribution in [3.63, 3.8) is 0 Å². The van der Waals surface area contributed by atoms with Crippen molar-refractivity contribution in [3.05, 3.63) is 24.3 Å². The molecule has 0 bridgehead atoms. The van der Waals surface area contributed by atoms with Crippen LogP contribution in [-0.4, -0.2) is 39.1 Å². The van der Waals surface area contributed by atoms with Gasteiger partial charge in [0, 0.05) is 12.6 Å². The molecular formula is C19H26N4O2S. The van der Waals surface area contributed by atoms with E-state index in [2.05, 4.69) is 22.4 Å². The maximum atomic E-state index is 12.5. The van der Waals surface area contributed by atoms with Crippen molar-refractivity contribution >= 4 is 17.7 Å². The van der Waals surface area contributed by atoms with Crippen molar-refractivity contribution in [1.82, 2.24) is 20.1 Å². The zero-order chi connectivity index (χ0) is 18.5. The van der Waals surface area contributed by atoms with E-state index in [0.717, 1.165) is 41.7 Å². The quantitative estimate of drug-likeness (QED) is 0.751.